The highest BCUT2D eigenvalue weighted by atomic mass is 19.1. The fourth-order valence-corrected chi connectivity index (χ4v) is 4.46. The van der Waals surface area contributed by atoms with Crippen molar-refractivity contribution in [2.45, 2.75) is 30.8 Å². The van der Waals surface area contributed by atoms with Crippen LogP contribution in [-0.4, -0.2) is 60.2 Å². The Morgan fingerprint density at radius 1 is 1.30 bits per heavy atom. The van der Waals surface area contributed by atoms with Crippen LogP contribution in [0.4, 0.5) is 24.5 Å². The molecule has 160 valence electrons. The minimum atomic E-state index is -1.58. The molecule has 2 aromatic rings. The molecule has 3 fully saturated rings. The molecule has 1 saturated carbocycles. The van der Waals surface area contributed by atoms with Crippen LogP contribution in [0.15, 0.2) is 11.0 Å². The van der Waals surface area contributed by atoms with Gasteiger partial charge >= 0.3 is 5.97 Å². The van der Waals surface area contributed by atoms with Crippen molar-refractivity contribution in [3.05, 3.63) is 33.6 Å². The Hall–Kier alpha value is -2.79. The van der Waals surface area contributed by atoms with Crippen LogP contribution in [0.5, 0.6) is 0 Å². The molecular formula is C19H19F3N4O4. The van der Waals surface area contributed by atoms with Crippen molar-refractivity contribution in [3.63, 3.8) is 0 Å². The number of nitrogens with one attached hydrogen (secondary N) is 1. The number of nitrogen functional groups attached to an aromatic ring is 1. The molecular weight excluding hydrogens is 405 g/mol. The van der Waals surface area contributed by atoms with Gasteiger partial charge in [0, 0.05) is 32.3 Å². The van der Waals surface area contributed by atoms with Crippen LogP contribution in [0.3, 0.4) is 0 Å². The Balaban J connectivity index is 1.75. The van der Waals surface area contributed by atoms with Crippen LogP contribution in [0, 0.1) is 11.6 Å². The number of carboxylic acids is 1. The summed E-state index contributed by atoms with van der Waals surface area (Å²) in [4.78, 5) is 25.6. The number of aromatic nitrogens is 1. The number of hydrogen-bond acceptors (Lipinski definition) is 6. The maximum Gasteiger partial charge on any atom is 0.341 e. The molecule has 4 N–H and O–H groups in total. The quantitative estimate of drug-likeness (QED) is 0.631. The molecule has 0 radical (unpaired) electrons. The number of carboxylic acid groups (broad SMARTS) is 1. The number of halogens is 3. The Kier molecular flexibility index (Phi) is 4.23. The second kappa shape index (κ2) is 6.61. The summed E-state index contributed by atoms with van der Waals surface area (Å²) < 4.78 is 51.5. The average molecular weight is 424 g/mol. The molecule has 2 unspecified atom stereocenters. The zero-order valence-electron chi connectivity index (χ0n) is 15.7. The first-order valence-corrected chi connectivity index (χ1v) is 9.62. The van der Waals surface area contributed by atoms with Crippen molar-refractivity contribution in [2.24, 2.45) is 0 Å². The van der Waals surface area contributed by atoms with Gasteiger partial charge in [-0.3, -0.25) is 4.79 Å². The zero-order chi connectivity index (χ0) is 21.3. The van der Waals surface area contributed by atoms with E-state index in [1.54, 1.807) is 0 Å². The highest BCUT2D eigenvalue weighted by molar-refractivity contribution is 5.99. The summed E-state index contributed by atoms with van der Waals surface area (Å²) in [7, 11) is 0. The lowest BCUT2D eigenvalue weighted by Gasteiger charge is -2.25. The van der Waals surface area contributed by atoms with Crippen molar-refractivity contribution in [2.75, 3.05) is 36.9 Å². The summed E-state index contributed by atoms with van der Waals surface area (Å²) in [6.45, 7) is 1.58. The number of nitrogens with two attached hydrogens (primary N) is 1. The highest BCUT2D eigenvalue weighted by Gasteiger charge is 2.43. The molecule has 11 heteroatoms. The van der Waals surface area contributed by atoms with Gasteiger partial charge in [-0.2, -0.15) is 0 Å². The van der Waals surface area contributed by atoms with Crippen molar-refractivity contribution >= 4 is 28.2 Å². The van der Waals surface area contributed by atoms with E-state index in [-0.39, 0.29) is 37.2 Å². The lowest BCUT2D eigenvalue weighted by molar-refractivity contribution is 0.0212. The predicted octanol–water partition coefficient (Wildman–Crippen LogP) is 1.02. The number of benzene rings is 1. The Bertz CT molecular complexity index is 1120. The number of rotatable bonds is 3. The summed E-state index contributed by atoms with van der Waals surface area (Å²) >= 11 is 0. The van der Waals surface area contributed by atoms with Gasteiger partial charge in [0.25, 0.3) is 0 Å². The van der Waals surface area contributed by atoms with Crippen LogP contribution in [0.25, 0.3) is 10.9 Å². The molecule has 1 aliphatic carbocycles. The predicted molar refractivity (Wildman–Crippen MR) is 102 cm³/mol. The summed E-state index contributed by atoms with van der Waals surface area (Å²) in [5, 5.41) is 12.0. The smallest absolute Gasteiger partial charge is 0.341 e. The number of pyridine rings is 1. The summed E-state index contributed by atoms with van der Waals surface area (Å²) in [5.41, 5.74) is 2.60. The van der Waals surface area contributed by atoms with Gasteiger partial charge < -0.3 is 30.4 Å². The average Bonchev–Trinajstić information content (AvgIpc) is 3.27. The van der Waals surface area contributed by atoms with E-state index in [2.05, 4.69) is 5.32 Å². The molecule has 3 heterocycles. The largest absolute Gasteiger partial charge is 0.477 e. The maximum absolute atomic E-state index is 15.7. The fourth-order valence-electron chi connectivity index (χ4n) is 4.46. The molecule has 8 nitrogen and oxygen atoms in total. The third kappa shape index (κ3) is 2.68. The number of nitrogens with zero attached hydrogens (tertiary/aromatic N) is 2. The second-order valence-corrected chi connectivity index (χ2v) is 7.89. The lowest BCUT2D eigenvalue weighted by atomic mass is 10.1. The molecule has 4 atom stereocenters. The first-order chi connectivity index (χ1) is 14.3. The van der Waals surface area contributed by atoms with Gasteiger partial charge in [0.15, 0.2) is 11.6 Å². The Morgan fingerprint density at radius 2 is 2.03 bits per heavy atom. The molecule has 1 aromatic heterocycles. The van der Waals surface area contributed by atoms with Gasteiger partial charge in [0.2, 0.25) is 5.43 Å². The van der Waals surface area contributed by atoms with Crippen LogP contribution >= 0.6 is 0 Å². The number of carbonyl (C=O) groups is 1. The molecule has 0 amide bonds. The molecule has 0 bridgehead atoms. The van der Waals surface area contributed by atoms with Crippen molar-refractivity contribution in [3.8, 4) is 0 Å². The van der Waals surface area contributed by atoms with E-state index >= 15 is 8.78 Å². The minimum Gasteiger partial charge on any atom is -0.477 e. The molecule has 2 aliphatic heterocycles. The van der Waals surface area contributed by atoms with Gasteiger partial charge in [-0.1, -0.05) is 0 Å². The van der Waals surface area contributed by atoms with Crippen molar-refractivity contribution < 1.29 is 27.8 Å². The highest BCUT2D eigenvalue weighted by Crippen LogP contribution is 2.44. The first-order valence-electron chi connectivity index (χ1n) is 9.62. The number of morpholine rings is 1. The van der Waals surface area contributed by atoms with Gasteiger partial charge in [-0.15, -0.1) is 0 Å². The van der Waals surface area contributed by atoms with Crippen LogP contribution in [-0.2, 0) is 4.74 Å². The standard InChI is InChI=1S/C19H19F3N4O4/c20-8-3-10(8)26-4-7(19(28)29)18(27)12-15(23)13(21)17(14(22)16(12)26)25-5-9-11(6-25)30-2-1-24-9/h4,8-11,24H,1-3,5-6,23H2,(H,28,29)/t8-,9?,10+,11?/m0/s1. The van der Waals surface area contributed by atoms with E-state index in [9.17, 15) is 19.1 Å². The number of anilines is 2. The third-order valence-electron chi connectivity index (χ3n) is 6.06. The Labute approximate surface area is 168 Å². The van der Waals surface area contributed by atoms with E-state index in [1.165, 1.54) is 4.90 Å². The van der Waals surface area contributed by atoms with E-state index in [0.717, 1.165) is 10.8 Å². The van der Waals surface area contributed by atoms with Gasteiger partial charge in [0.1, 0.15) is 17.4 Å². The molecule has 3 aliphatic rings. The number of hydrogen-bond donors (Lipinski definition) is 3. The molecule has 5 rings (SSSR count). The van der Waals surface area contributed by atoms with Gasteiger partial charge in [0.05, 0.1) is 41.4 Å². The van der Waals surface area contributed by atoms with Gasteiger partial charge in [-0.25, -0.2) is 18.0 Å². The lowest BCUT2D eigenvalue weighted by Crippen LogP contribution is -2.47. The van der Waals surface area contributed by atoms with E-state index < -0.39 is 57.6 Å². The van der Waals surface area contributed by atoms with Crippen LogP contribution in [0.1, 0.15) is 22.8 Å². The number of alkyl halides is 1. The summed E-state index contributed by atoms with van der Waals surface area (Å²) in [6.07, 6.45) is -0.631. The van der Waals surface area contributed by atoms with Crippen molar-refractivity contribution in [1.29, 1.82) is 0 Å². The van der Waals surface area contributed by atoms with Gasteiger partial charge in [-0.05, 0) is 0 Å². The zero-order valence-corrected chi connectivity index (χ0v) is 15.7. The van der Waals surface area contributed by atoms with Crippen LogP contribution in [0.2, 0.25) is 0 Å². The second-order valence-electron chi connectivity index (χ2n) is 7.89. The SMILES string of the molecule is Nc1c(F)c(N2CC3NCCOC3C2)c(F)c2c1c(=O)c(C(=O)O)cn2[C@@H]1C[C@@H]1F. The topological polar surface area (TPSA) is 110 Å². The molecule has 2 saturated heterocycles. The molecule has 1 aromatic carbocycles. The Morgan fingerprint density at radius 3 is 2.67 bits per heavy atom. The van der Waals surface area contributed by atoms with Crippen LogP contribution < -0.4 is 21.4 Å². The van der Waals surface area contributed by atoms with E-state index in [1.807, 2.05) is 0 Å². The minimum absolute atomic E-state index is 0.0364. The molecule has 30 heavy (non-hydrogen) atoms. The first kappa shape index (κ1) is 19.2. The summed E-state index contributed by atoms with van der Waals surface area (Å²) in [6, 6.07) is -0.964. The number of aromatic carboxylic acids is 1. The normalized spacial score (nSPS) is 28.0. The van der Waals surface area contributed by atoms with E-state index in [4.69, 9.17) is 10.5 Å². The van der Waals surface area contributed by atoms with E-state index in [0.29, 0.717) is 13.2 Å². The number of ether oxygens (including phenoxy) is 1. The summed E-state index contributed by atoms with van der Waals surface area (Å²) in [5.74, 6) is -3.79. The van der Waals surface area contributed by atoms with Crippen molar-refractivity contribution in [1.82, 2.24) is 9.88 Å². The molecule has 0 spiro atoms. The maximum atomic E-state index is 15.7. The third-order valence-corrected chi connectivity index (χ3v) is 6.06. The fraction of sp³-hybridized carbons (Fsp3) is 0.474. The number of fused-ring (bicyclic) bond motifs is 2. The monoisotopic (exact) mass is 424 g/mol.